The van der Waals surface area contributed by atoms with E-state index in [0.29, 0.717) is 12.4 Å². The fourth-order valence-corrected chi connectivity index (χ4v) is 0.428. The summed E-state index contributed by atoms with van der Waals surface area (Å²) in [6.07, 6.45) is 3.53. The Kier molecular flexibility index (Phi) is 4.82. The molecule has 0 rings (SSSR count). The van der Waals surface area contributed by atoms with Gasteiger partial charge < -0.3 is 4.84 Å². The van der Waals surface area contributed by atoms with Crippen LogP contribution in [0.5, 0.6) is 0 Å². The van der Waals surface area contributed by atoms with Crippen molar-refractivity contribution in [2.75, 3.05) is 6.54 Å². The standard InChI is InChI=1S/C6H12N2O/c1-3-5-6(9-7)8-4-2/h3,5H,4,7H2,1-2H3/b5-3-,8-6?. The normalized spacial score (nSPS) is 12.6. The lowest BCUT2D eigenvalue weighted by molar-refractivity contribution is 0.322. The number of hydrogen-bond acceptors (Lipinski definition) is 3. The molecule has 0 bridgehead atoms. The molecule has 0 saturated carbocycles. The van der Waals surface area contributed by atoms with E-state index in [4.69, 9.17) is 5.90 Å². The smallest absolute Gasteiger partial charge is 0.232 e. The van der Waals surface area contributed by atoms with Crippen molar-refractivity contribution >= 4 is 5.90 Å². The van der Waals surface area contributed by atoms with Gasteiger partial charge in [0, 0.05) is 6.54 Å². The van der Waals surface area contributed by atoms with E-state index in [1.54, 1.807) is 6.08 Å². The predicted octanol–water partition coefficient (Wildman–Crippen LogP) is 0.871. The Bertz CT molecular complexity index is 118. The molecule has 0 amide bonds. The molecule has 0 radical (unpaired) electrons. The van der Waals surface area contributed by atoms with Gasteiger partial charge in [-0.15, -0.1) is 0 Å². The minimum Gasteiger partial charge on any atom is -0.392 e. The van der Waals surface area contributed by atoms with Gasteiger partial charge in [0.15, 0.2) is 0 Å². The van der Waals surface area contributed by atoms with Gasteiger partial charge in [0.05, 0.1) is 0 Å². The fraction of sp³-hybridized carbons (Fsp3) is 0.500. The lowest BCUT2D eigenvalue weighted by Gasteiger charge is -1.93. The summed E-state index contributed by atoms with van der Waals surface area (Å²) in [5.74, 6) is 5.34. The van der Waals surface area contributed by atoms with E-state index >= 15 is 0 Å². The Morgan fingerprint density at radius 2 is 2.44 bits per heavy atom. The molecule has 0 aromatic rings. The maximum Gasteiger partial charge on any atom is 0.232 e. The van der Waals surface area contributed by atoms with Crippen LogP contribution in [0.2, 0.25) is 0 Å². The molecule has 9 heavy (non-hydrogen) atoms. The summed E-state index contributed by atoms with van der Waals surface area (Å²) in [6.45, 7) is 4.49. The van der Waals surface area contributed by atoms with Crippen molar-refractivity contribution < 1.29 is 4.84 Å². The third-order valence-corrected chi connectivity index (χ3v) is 0.744. The molecule has 3 nitrogen and oxygen atoms in total. The van der Waals surface area contributed by atoms with Crippen molar-refractivity contribution in [2.45, 2.75) is 13.8 Å². The average Bonchev–Trinajstić information content (AvgIpc) is 1.88. The number of allylic oxidation sites excluding steroid dienone is 1. The number of hydrogen-bond donors (Lipinski definition) is 1. The van der Waals surface area contributed by atoms with Crippen molar-refractivity contribution in [3.05, 3.63) is 12.2 Å². The average molecular weight is 128 g/mol. The monoisotopic (exact) mass is 128 g/mol. The highest BCUT2D eigenvalue weighted by Crippen LogP contribution is 1.80. The molecule has 52 valence electrons. The summed E-state index contributed by atoms with van der Waals surface area (Å²) >= 11 is 0. The molecule has 0 unspecified atom stereocenters. The van der Waals surface area contributed by atoms with Crippen molar-refractivity contribution in [3.8, 4) is 0 Å². The van der Waals surface area contributed by atoms with Crippen LogP contribution in [-0.2, 0) is 4.84 Å². The first-order valence-electron chi connectivity index (χ1n) is 2.89. The first-order valence-corrected chi connectivity index (χ1v) is 2.89. The third-order valence-electron chi connectivity index (χ3n) is 0.744. The highest BCUT2D eigenvalue weighted by Gasteiger charge is 1.85. The van der Waals surface area contributed by atoms with Crippen molar-refractivity contribution in [2.24, 2.45) is 10.9 Å². The summed E-state index contributed by atoms with van der Waals surface area (Å²) in [7, 11) is 0. The second-order valence-corrected chi connectivity index (χ2v) is 1.43. The van der Waals surface area contributed by atoms with Crippen LogP contribution in [0.15, 0.2) is 17.1 Å². The summed E-state index contributed by atoms with van der Waals surface area (Å²) < 4.78 is 0. The Balaban J connectivity index is 3.81. The molecule has 0 aromatic heterocycles. The molecule has 0 atom stereocenters. The van der Waals surface area contributed by atoms with E-state index in [1.165, 1.54) is 0 Å². The minimum atomic E-state index is 0.472. The van der Waals surface area contributed by atoms with E-state index in [-0.39, 0.29) is 0 Å². The molecule has 0 fully saturated rings. The lowest BCUT2D eigenvalue weighted by Crippen LogP contribution is -2.07. The SMILES string of the molecule is C/C=C\C(=NCC)ON. The van der Waals surface area contributed by atoms with Crippen LogP contribution in [0, 0.1) is 0 Å². The predicted molar refractivity (Wildman–Crippen MR) is 38.1 cm³/mol. The van der Waals surface area contributed by atoms with Gasteiger partial charge in [-0.2, -0.15) is 5.90 Å². The minimum absolute atomic E-state index is 0.472. The molecular formula is C6H12N2O. The van der Waals surface area contributed by atoms with E-state index in [0.717, 1.165) is 0 Å². The van der Waals surface area contributed by atoms with Gasteiger partial charge >= 0.3 is 0 Å². The summed E-state index contributed by atoms with van der Waals surface area (Å²) in [6, 6.07) is 0. The Morgan fingerprint density at radius 3 is 2.78 bits per heavy atom. The third kappa shape index (κ3) is 3.73. The van der Waals surface area contributed by atoms with Crippen molar-refractivity contribution in [1.29, 1.82) is 0 Å². The molecular weight excluding hydrogens is 116 g/mol. The van der Waals surface area contributed by atoms with E-state index in [1.807, 2.05) is 19.9 Å². The van der Waals surface area contributed by atoms with Crippen molar-refractivity contribution in [1.82, 2.24) is 0 Å². The second-order valence-electron chi connectivity index (χ2n) is 1.43. The molecule has 0 aliphatic rings. The van der Waals surface area contributed by atoms with Crippen LogP contribution in [0.25, 0.3) is 0 Å². The highest BCUT2D eigenvalue weighted by atomic mass is 16.6. The largest absolute Gasteiger partial charge is 0.392 e. The number of aliphatic imine (C=N–C) groups is 1. The molecule has 0 aromatic carbocycles. The van der Waals surface area contributed by atoms with Crippen molar-refractivity contribution in [3.63, 3.8) is 0 Å². The fourth-order valence-electron chi connectivity index (χ4n) is 0.428. The molecule has 3 heteroatoms. The van der Waals surface area contributed by atoms with Gasteiger partial charge in [-0.3, -0.25) is 4.99 Å². The number of nitrogens with two attached hydrogens (primary N) is 1. The van der Waals surface area contributed by atoms with Gasteiger partial charge in [0.2, 0.25) is 5.90 Å². The van der Waals surface area contributed by atoms with E-state index in [2.05, 4.69) is 9.83 Å². The Morgan fingerprint density at radius 1 is 1.78 bits per heavy atom. The number of nitrogens with zero attached hydrogens (tertiary/aromatic N) is 1. The van der Waals surface area contributed by atoms with Gasteiger partial charge in [-0.1, -0.05) is 6.08 Å². The topological polar surface area (TPSA) is 47.6 Å². The summed E-state index contributed by atoms with van der Waals surface area (Å²) in [4.78, 5) is 8.31. The molecule has 0 heterocycles. The highest BCUT2D eigenvalue weighted by molar-refractivity contribution is 5.87. The lowest BCUT2D eigenvalue weighted by atomic mass is 10.5. The quantitative estimate of drug-likeness (QED) is 0.341. The maximum absolute atomic E-state index is 4.86. The van der Waals surface area contributed by atoms with Crippen LogP contribution < -0.4 is 5.90 Å². The zero-order valence-corrected chi connectivity index (χ0v) is 5.79. The van der Waals surface area contributed by atoms with Crippen LogP contribution in [0.3, 0.4) is 0 Å². The first kappa shape index (κ1) is 8.17. The van der Waals surface area contributed by atoms with Crippen LogP contribution in [0.4, 0.5) is 0 Å². The zero-order valence-electron chi connectivity index (χ0n) is 5.79. The second kappa shape index (κ2) is 5.31. The van der Waals surface area contributed by atoms with Gasteiger partial charge in [0.25, 0.3) is 0 Å². The Hall–Kier alpha value is -0.830. The Labute approximate surface area is 55.2 Å². The summed E-state index contributed by atoms with van der Waals surface area (Å²) in [5, 5.41) is 0. The van der Waals surface area contributed by atoms with Crippen LogP contribution in [-0.4, -0.2) is 12.4 Å². The molecule has 0 aliphatic carbocycles. The van der Waals surface area contributed by atoms with Gasteiger partial charge in [-0.05, 0) is 19.9 Å². The van der Waals surface area contributed by atoms with E-state index in [9.17, 15) is 0 Å². The summed E-state index contributed by atoms with van der Waals surface area (Å²) in [5.41, 5.74) is 0. The molecule has 2 N–H and O–H groups in total. The molecule has 0 spiro atoms. The van der Waals surface area contributed by atoms with Crippen LogP contribution >= 0.6 is 0 Å². The van der Waals surface area contributed by atoms with Gasteiger partial charge in [-0.25, -0.2) is 0 Å². The van der Waals surface area contributed by atoms with Gasteiger partial charge in [0.1, 0.15) is 0 Å². The molecule has 0 saturated heterocycles. The van der Waals surface area contributed by atoms with E-state index < -0.39 is 0 Å². The maximum atomic E-state index is 4.86. The zero-order chi connectivity index (χ0) is 7.11. The number of rotatable bonds is 2. The first-order chi connectivity index (χ1) is 4.35. The molecule has 0 aliphatic heterocycles. The van der Waals surface area contributed by atoms with Crippen LogP contribution in [0.1, 0.15) is 13.8 Å².